The first-order valence-electron chi connectivity index (χ1n) is 13.8. The van der Waals surface area contributed by atoms with E-state index in [9.17, 15) is 36.2 Å². The molecule has 0 amide bonds. The van der Waals surface area contributed by atoms with Crippen molar-refractivity contribution in [1.29, 1.82) is 0 Å². The molecule has 0 saturated carbocycles. The number of phenols is 2. The highest BCUT2D eigenvalue weighted by atomic mass is 35.5. The zero-order chi connectivity index (χ0) is 36.1. The Morgan fingerprint density at radius 3 is 1.06 bits per heavy atom. The van der Waals surface area contributed by atoms with Crippen LogP contribution in [-0.2, 0) is 20.2 Å². The molecule has 6 aromatic carbocycles. The zero-order valence-electron chi connectivity index (χ0n) is 24.6. The molecule has 6 aromatic rings. The summed E-state index contributed by atoms with van der Waals surface area (Å²) in [4.78, 5) is -0.970. The first-order valence-corrected chi connectivity index (χ1v) is 18.2. The molecule has 0 saturated heterocycles. The Labute approximate surface area is 303 Å². The molecule has 254 valence electrons. The molecule has 6 rings (SSSR count). The van der Waals surface area contributed by atoms with Crippen molar-refractivity contribution in [2.45, 2.75) is 9.79 Å². The zero-order valence-corrected chi connectivity index (χ0v) is 29.3. The molecule has 0 atom stereocenters. The van der Waals surface area contributed by atoms with Crippen LogP contribution in [0.4, 0.5) is 22.7 Å². The van der Waals surface area contributed by atoms with Gasteiger partial charge in [-0.25, -0.2) is 0 Å². The van der Waals surface area contributed by atoms with E-state index in [1.54, 1.807) is 24.3 Å². The maximum atomic E-state index is 12.0. The minimum atomic E-state index is -4.69. The number of rotatable bonds is 7. The summed E-state index contributed by atoms with van der Waals surface area (Å²) in [6, 6.07) is 19.7. The fraction of sp³-hybridized carbons (Fsp3) is 0. The Hall–Kier alpha value is -4.38. The second-order valence-corrected chi connectivity index (χ2v) is 14.9. The molecule has 50 heavy (non-hydrogen) atoms. The average molecular weight is 792 g/mol. The molecule has 18 heteroatoms. The number of nitrogens with zero attached hydrogens (tertiary/aromatic N) is 4. The van der Waals surface area contributed by atoms with Gasteiger partial charge < -0.3 is 10.2 Å². The molecule has 12 nitrogen and oxygen atoms in total. The molecule has 0 unspecified atom stereocenters. The van der Waals surface area contributed by atoms with Crippen LogP contribution in [0.3, 0.4) is 0 Å². The molecule has 4 N–H and O–H groups in total. The first kappa shape index (κ1) is 35.4. The van der Waals surface area contributed by atoms with Gasteiger partial charge in [0, 0.05) is 21.5 Å². The summed E-state index contributed by atoms with van der Waals surface area (Å²) in [5.74, 6) is -0.784. The summed E-state index contributed by atoms with van der Waals surface area (Å²) < 4.78 is 67.6. The monoisotopic (exact) mass is 790 g/mol. The molecule has 0 bridgehead atoms. The topological polar surface area (TPSA) is 199 Å². The third-order valence-corrected chi connectivity index (χ3v) is 10.3. The van der Waals surface area contributed by atoms with Crippen molar-refractivity contribution in [2.24, 2.45) is 20.5 Å². The molecule has 0 radical (unpaired) electrons. The lowest BCUT2D eigenvalue weighted by molar-refractivity contribution is 0.477. The molecule has 0 aliphatic rings. The van der Waals surface area contributed by atoms with Crippen molar-refractivity contribution in [2.75, 3.05) is 0 Å². The van der Waals surface area contributed by atoms with Gasteiger partial charge in [-0.05, 0) is 47.5 Å². The van der Waals surface area contributed by atoms with E-state index in [0.717, 1.165) is 12.1 Å². The van der Waals surface area contributed by atoms with Crippen molar-refractivity contribution >= 4 is 111 Å². The quantitative estimate of drug-likeness (QED) is 0.0903. The van der Waals surface area contributed by atoms with Crippen LogP contribution < -0.4 is 0 Å². The van der Waals surface area contributed by atoms with Gasteiger partial charge in [0.05, 0.1) is 20.1 Å². The van der Waals surface area contributed by atoms with E-state index in [2.05, 4.69) is 20.5 Å². The standard InChI is InChI=1S/C32H18Cl4N4O8S2/c33-21-9-15(10-22(34)29(21)39-37-25-13-27(49(43,44)45)17-5-1-3-7-19(17)31(25)41)16-11-23(35)30(24(36)12-16)40-38-26-14-28(50(46,47)48)18-6-2-4-8-20(18)32(26)42/h1-14,41-42H,(H,43,44,45)(H,46,47,48). The molecule has 0 aliphatic carbocycles. The Morgan fingerprint density at radius 1 is 0.460 bits per heavy atom. The number of hydrogen-bond acceptors (Lipinski definition) is 10. The number of benzene rings is 6. The molecular weight excluding hydrogens is 774 g/mol. The summed E-state index contributed by atoms with van der Waals surface area (Å²) >= 11 is 26.0. The van der Waals surface area contributed by atoms with Gasteiger partial charge in [0.1, 0.15) is 32.5 Å². The van der Waals surface area contributed by atoms with Gasteiger partial charge in [0.2, 0.25) is 0 Å². The van der Waals surface area contributed by atoms with Crippen LogP contribution in [0, 0.1) is 0 Å². The first-order chi connectivity index (χ1) is 23.5. The predicted octanol–water partition coefficient (Wildman–Crippen LogP) is 11.0. The second-order valence-electron chi connectivity index (χ2n) is 10.5. The maximum Gasteiger partial charge on any atom is 0.295 e. The summed E-state index contributed by atoms with van der Waals surface area (Å²) in [5, 5.41) is 37.8. The Morgan fingerprint density at radius 2 is 0.760 bits per heavy atom. The van der Waals surface area contributed by atoms with E-state index in [-0.39, 0.29) is 64.4 Å². The minimum absolute atomic E-state index is 0.00367. The van der Waals surface area contributed by atoms with Gasteiger partial charge in [-0.15, -0.1) is 20.5 Å². The van der Waals surface area contributed by atoms with Crippen molar-refractivity contribution in [1.82, 2.24) is 0 Å². The number of fused-ring (bicyclic) bond motifs is 2. The number of aromatic hydroxyl groups is 2. The highest BCUT2D eigenvalue weighted by Gasteiger charge is 2.21. The molecule has 0 fully saturated rings. The highest BCUT2D eigenvalue weighted by molar-refractivity contribution is 7.86. The molecule has 0 aromatic heterocycles. The third kappa shape index (κ3) is 6.84. The summed E-state index contributed by atoms with van der Waals surface area (Å²) in [6.45, 7) is 0. The van der Waals surface area contributed by atoms with Crippen LogP contribution in [0.1, 0.15) is 0 Å². The van der Waals surface area contributed by atoms with Crippen molar-refractivity contribution < 1.29 is 36.2 Å². The number of halogens is 4. The van der Waals surface area contributed by atoms with E-state index < -0.39 is 41.5 Å². The summed E-state index contributed by atoms with van der Waals surface area (Å²) in [6.07, 6.45) is 0. The van der Waals surface area contributed by atoms with Crippen LogP contribution in [0.2, 0.25) is 20.1 Å². The van der Waals surface area contributed by atoms with E-state index in [0.29, 0.717) is 11.1 Å². The van der Waals surface area contributed by atoms with Gasteiger partial charge in [-0.2, -0.15) is 16.8 Å². The van der Waals surface area contributed by atoms with Crippen molar-refractivity contribution in [3.05, 3.63) is 105 Å². The van der Waals surface area contributed by atoms with Crippen LogP contribution in [0.25, 0.3) is 32.7 Å². The van der Waals surface area contributed by atoms with Crippen LogP contribution in [0.5, 0.6) is 11.5 Å². The molecule has 0 heterocycles. The lowest BCUT2D eigenvalue weighted by Gasteiger charge is -2.10. The maximum absolute atomic E-state index is 12.0. The number of hydrogen-bond donors (Lipinski definition) is 4. The van der Waals surface area contributed by atoms with Crippen LogP contribution in [0.15, 0.2) is 115 Å². The lowest BCUT2D eigenvalue weighted by atomic mass is 10.0. The van der Waals surface area contributed by atoms with E-state index >= 15 is 0 Å². The lowest BCUT2D eigenvalue weighted by Crippen LogP contribution is -1.99. The normalized spacial score (nSPS) is 12.5. The van der Waals surface area contributed by atoms with Crippen LogP contribution >= 0.6 is 46.4 Å². The van der Waals surface area contributed by atoms with E-state index in [4.69, 9.17) is 46.4 Å². The smallest absolute Gasteiger partial charge is 0.295 e. The van der Waals surface area contributed by atoms with Gasteiger partial charge in [0.25, 0.3) is 20.2 Å². The fourth-order valence-electron chi connectivity index (χ4n) is 5.07. The largest absolute Gasteiger partial charge is 0.505 e. The van der Waals surface area contributed by atoms with Gasteiger partial charge >= 0.3 is 0 Å². The molecular formula is C32H18Cl4N4O8S2. The molecule has 0 spiro atoms. The SMILES string of the molecule is O=S(=O)(O)c1cc(N=Nc2c(Cl)cc(-c3cc(Cl)c(N=Nc4cc(S(=O)(=O)O)c5ccccc5c4O)c(Cl)c3)cc2Cl)c(O)c2ccccc12. The van der Waals surface area contributed by atoms with Crippen molar-refractivity contribution in [3.8, 4) is 22.6 Å². The molecule has 0 aliphatic heterocycles. The average Bonchev–Trinajstić information content (AvgIpc) is 3.04. The summed E-state index contributed by atoms with van der Waals surface area (Å²) in [5.41, 5.74) is 0.251. The van der Waals surface area contributed by atoms with Gasteiger partial charge in [-0.3, -0.25) is 9.11 Å². The van der Waals surface area contributed by atoms with Crippen LogP contribution in [-0.4, -0.2) is 36.2 Å². The number of azo groups is 2. The summed E-state index contributed by atoms with van der Waals surface area (Å²) in [7, 11) is -9.38. The predicted molar refractivity (Wildman–Crippen MR) is 191 cm³/mol. The van der Waals surface area contributed by atoms with Crippen molar-refractivity contribution in [3.63, 3.8) is 0 Å². The van der Waals surface area contributed by atoms with E-state index in [1.807, 2.05) is 0 Å². The van der Waals surface area contributed by atoms with Gasteiger partial charge in [-0.1, -0.05) is 94.9 Å². The Balaban J connectivity index is 1.34. The third-order valence-electron chi connectivity index (χ3n) is 7.35. The Bertz CT molecular complexity index is 2460. The highest BCUT2D eigenvalue weighted by Crippen LogP contribution is 2.45. The second kappa shape index (κ2) is 13.4. The fourth-order valence-corrected chi connectivity index (χ4v) is 7.63. The minimum Gasteiger partial charge on any atom is -0.505 e. The van der Waals surface area contributed by atoms with E-state index in [1.165, 1.54) is 48.5 Å². The Kier molecular flexibility index (Phi) is 9.49. The van der Waals surface area contributed by atoms with Gasteiger partial charge in [0.15, 0.2) is 11.5 Å². The number of phenolic OH excluding ortho intramolecular Hbond substituents is 2.